The molecule has 0 fully saturated rings. The van der Waals surface area contributed by atoms with Gasteiger partial charge in [0.05, 0.1) is 13.2 Å². The first-order valence-electron chi connectivity index (χ1n) is 7.91. The second-order valence-corrected chi connectivity index (χ2v) is 6.67. The molecule has 2 aromatic rings. The number of rotatable bonds is 9. The van der Waals surface area contributed by atoms with Crippen molar-refractivity contribution in [2.24, 2.45) is 0 Å². The predicted molar refractivity (Wildman–Crippen MR) is 91.9 cm³/mol. The van der Waals surface area contributed by atoms with Crippen molar-refractivity contribution in [2.45, 2.75) is 20.0 Å². The van der Waals surface area contributed by atoms with Crippen LogP contribution in [0.1, 0.15) is 35.9 Å². The molecule has 1 atom stereocenters. The van der Waals surface area contributed by atoms with E-state index >= 15 is 0 Å². The van der Waals surface area contributed by atoms with Crippen molar-refractivity contribution in [1.82, 2.24) is 0 Å². The van der Waals surface area contributed by atoms with Gasteiger partial charge in [-0.2, -0.15) is 0 Å². The summed E-state index contributed by atoms with van der Waals surface area (Å²) in [5, 5.41) is 0. The molecule has 0 amide bonds. The number of phosphoric ester groups is 1. The summed E-state index contributed by atoms with van der Waals surface area (Å²) < 4.78 is 41.7. The highest BCUT2D eigenvalue weighted by Crippen LogP contribution is 2.53. The number of hydrogen-bond acceptors (Lipinski definition) is 5. The predicted octanol–water partition coefficient (Wildman–Crippen LogP) is 4.95. The molecule has 0 heterocycles. The van der Waals surface area contributed by atoms with Gasteiger partial charge in [-0.1, -0.05) is 42.5 Å². The van der Waals surface area contributed by atoms with Crippen LogP contribution in [0.25, 0.3) is 0 Å². The highest BCUT2D eigenvalue weighted by molar-refractivity contribution is 7.48. The van der Waals surface area contributed by atoms with E-state index in [9.17, 15) is 13.8 Å². The summed E-state index contributed by atoms with van der Waals surface area (Å²) in [6.45, 7) is 3.46. The molecule has 2 rings (SSSR count). The molecule has 0 aliphatic rings. The molecule has 5 nitrogen and oxygen atoms in total. The maximum atomic E-state index is 13.2. The van der Waals surface area contributed by atoms with Gasteiger partial charge in [0.25, 0.3) is 0 Å². The topological polar surface area (TPSA) is 61.8 Å². The molecule has 0 aliphatic heterocycles. The molecule has 0 saturated carbocycles. The van der Waals surface area contributed by atoms with Crippen LogP contribution in [-0.2, 0) is 18.1 Å². The van der Waals surface area contributed by atoms with Crippen LogP contribution >= 0.6 is 7.82 Å². The second kappa shape index (κ2) is 9.02. The number of ketones is 1. The lowest BCUT2D eigenvalue weighted by Gasteiger charge is -2.23. The number of hydrogen-bond donors (Lipinski definition) is 0. The van der Waals surface area contributed by atoms with Gasteiger partial charge in [0.1, 0.15) is 5.82 Å². The normalized spacial score (nSPS) is 12.8. The van der Waals surface area contributed by atoms with Crippen LogP contribution in [0, 0.1) is 5.82 Å². The maximum Gasteiger partial charge on any atom is 0.475 e. The summed E-state index contributed by atoms with van der Waals surface area (Å²) in [4.78, 5) is 12.9. The molecule has 1 unspecified atom stereocenters. The van der Waals surface area contributed by atoms with E-state index in [0.29, 0.717) is 11.1 Å². The molecule has 0 bridgehead atoms. The average molecular weight is 366 g/mol. The highest BCUT2D eigenvalue weighted by atomic mass is 31.2. The molecule has 0 radical (unpaired) electrons. The van der Waals surface area contributed by atoms with E-state index in [4.69, 9.17) is 13.6 Å². The summed E-state index contributed by atoms with van der Waals surface area (Å²) >= 11 is 0. The fourth-order valence-corrected chi connectivity index (χ4v) is 3.50. The fraction of sp³-hybridized carbons (Fsp3) is 0.278. The van der Waals surface area contributed by atoms with E-state index in [0.717, 1.165) is 0 Å². The third-order valence-corrected chi connectivity index (χ3v) is 4.90. The van der Waals surface area contributed by atoms with Gasteiger partial charge in [0.2, 0.25) is 0 Å². The van der Waals surface area contributed by atoms with Crippen LogP contribution in [0.5, 0.6) is 0 Å². The second-order valence-electron chi connectivity index (χ2n) is 5.05. The van der Waals surface area contributed by atoms with Crippen molar-refractivity contribution in [3.63, 3.8) is 0 Å². The first-order chi connectivity index (χ1) is 12.0. The Morgan fingerprint density at radius 1 is 1.00 bits per heavy atom. The van der Waals surface area contributed by atoms with Crippen LogP contribution in [0.15, 0.2) is 54.6 Å². The summed E-state index contributed by atoms with van der Waals surface area (Å²) in [6, 6.07) is 13.6. The minimum atomic E-state index is -3.94. The van der Waals surface area contributed by atoms with E-state index in [2.05, 4.69) is 0 Å². The summed E-state index contributed by atoms with van der Waals surface area (Å²) in [6.07, 6.45) is -1.24. The van der Waals surface area contributed by atoms with E-state index in [1.165, 1.54) is 24.3 Å². The van der Waals surface area contributed by atoms with Crippen LogP contribution in [-0.4, -0.2) is 19.0 Å². The van der Waals surface area contributed by atoms with E-state index in [1.54, 1.807) is 44.2 Å². The lowest BCUT2D eigenvalue weighted by Crippen LogP contribution is -2.17. The lowest BCUT2D eigenvalue weighted by atomic mass is 10.0. The average Bonchev–Trinajstić information content (AvgIpc) is 2.61. The van der Waals surface area contributed by atoms with Crippen molar-refractivity contribution in [1.29, 1.82) is 0 Å². The first kappa shape index (κ1) is 19.5. The quantitative estimate of drug-likeness (QED) is 0.464. The fourth-order valence-electron chi connectivity index (χ4n) is 2.19. The Kier molecular flexibility index (Phi) is 7.02. The molecular weight excluding hydrogens is 346 g/mol. The van der Waals surface area contributed by atoms with E-state index in [-0.39, 0.29) is 13.2 Å². The van der Waals surface area contributed by atoms with Crippen molar-refractivity contribution >= 4 is 13.6 Å². The van der Waals surface area contributed by atoms with Gasteiger partial charge in [-0.15, -0.1) is 0 Å². The smallest absolute Gasteiger partial charge is 0.291 e. The Morgan fingerprint density at radius 3 is 2.08 bits per heavy atom. The van der Waals surface area contributed by atoms with Crippen molar-refractivity contribution in [3.8, 4) is 0 Å². The van der Waals surface area contributed by atoms with Gasteiger partial charge in [0.15, 0.2) is 11.9 Å². The Bertz CT molecular complexity index is 723. The monoisotopic (exact) mass is 366 g/mol. The molecule has 7 heteroatoms. The summed E-state index contributed by atoms with van der Waals surface area (Å²) in [5.74, 6) is -0.876. The highest BCUT2D eigenvalue weighted by Gasteiger charge is 2.35. The molecule has 0 aromatic heterocycles. The van der Waals surface area contributed by atoms with Gasteiger partial charge in [-0.3, -0.25) is 18.4 Å². The molecule has 2 aromatic carbocycles. The summed E-state index contributed by atoms with van der Waals surface area (Å²) in [7, 11) is -3.94. The Morgan fingerprint density at radius 2 is 1.56 bits per heavy atom. The zero-order chi connectivity index (χ0) is 18.3. The van der Waals surface area contributed by atoms with Crippen LogP contribution in [0.4, 0.5) is 4.39 Å². The SMILES string of the molecule is CCOP(=O)(OCC)OC(C(=O)c1ccccc1)c1ccc(F)cc1. The number of carbonyl (C=O) groups excluding carboxylic acids is 1. The molecule has 0 spiro atoms. The number of carbonyl (C=O) groups is 1. The lowest BCUT2D eigenvalue weighted by molar-refractivity contribution is 0.0594. The largest absolute Gasteiger partial charge is 0.475 e. The molecule has 0 N–H and O–H groups in total. The molecule has 0 saturated heterocycles. The number of benzene rings is 2. The first-order valence-corrected chi connectivity index (χ1v) is 9.37. The third kappa shape index (κ3) is 5.31. The zero-order valence-electron chi connectivity index (χ0n) is 14.1. The minimum absolute atomic E-state index is 0.0902. The Labute approximate surface area is 146 Å². The van der Waals surface area contributed by atoms with Crippen molar-refractivity contribution in [3.05, 3.63) is 71.5 Å². The van der Waals surface area contributed by atoms with Crippen LogP contribution < -0.4 is 0 Å². The number of Topliss-reactive ketones (excluding diaryl/α,β-unsaturated/α-hetero) is 1. The van der Waals surface area contributed by atoms with Crippen molar-refractivity contribution in [2.75, 3.05) is 13.2 Å². The van der Waals surface area contributed by atoms with Crippen LogP contribution in [0.2, 0.25) is 0 Å². The van der Waals surface area contributed by atoms with Gasteiger partial charge in [-0.25, -0.2) is 8.96 Å². The Balaban J connectivity index is 2.39. The van der Waals surface area contributed by atoms with Crippen LogP contribution in [0.3, 0.4) is 0 Å². The summed E-state index contributed by atoms with van der Waals surface area (Å²) in [5.41, 5.74) is 0.728. The molecule has 25 heavy (non-hydrogen) atoms. The molecule has 134 valence electrons. The van der Waals surface area contributed by atoms with Crippen molar-refractivity contribution < 1.29 is 27.3 Å². The third-order valence-electron chi connectivity index (χ3n) is 3.28. The number of phosphoric acid groups is 1. The van der Waals surface area contributed by atoms with Gasteiger partial charge in [0, 0.05) is 5.56 Å². The van der Waals surface area contributed by atoms with Gasteiger partial charge >= 0.3 is 7.82 Å². The molecular formula is C18H20FO5P. The van der Waals surface area contributed by atoms with Gasteiger partial charge in [-0.05, 0) is 31.5 Å². The van der Waals surface area contributed by atoms with E-state index < -0.39 is 25.5 Å². The molecule has 0 aliphatic carbocycles. The maximum absolute atomic E-state index is 13.2. The Hall–Kier alpha value is -1.85. The minimum Gasteiger partial charge on any atom is -0.291 e. The number of halogens is 1. The zero-order valence-corrected chi connectivity index (χ0v) is 14.9. The van der Waals surface area contributed by atoms with Gasteiger partial charge < -0.3 is 0 Å². The standard InChI is InChI=1S/C18H20FO5P/c1-3-22-25(21,23-4-2)24-18(15-10-12-16(19)13-11-15)17(20)14-8-6-5-7-9-14/h5-13,18H,3-4H2,1-2H3. The van der Waals surface area contributed by atoms with E-state index in [1.807, 2.05) is 0 Å².